The Morgan fingerprint density at radius 2 is 1.97 bits per heavy atom. The summed E-state index contributed by atoms with van der Waals surface area (Å²) in [6.45, 7) is -3.04. The first kappa shape index (κ1) is 21.8. The van der Waals surface area contributed by atoms with Gasteiger partial charge in [-0.25, -0.2) is 4.39 Å². The third-order valence-electron chi connectivity index (χ3n) is 3.97. The fraction of sp³-hybridized carbons (Fsp3) is 0.158. The summed E-state index contributed by atoms with van der Waals surface area (Å²) in [5, 5.41) is 6.96. The Labute approximate surface area is 179 Å². The number of aromatic nitrogens is 2. The van der Waals surface area contributed by atoms with Crippen molar-refractivity contribution in [1.29, 1.82) is 0 Å². The number of methoxy groups -OCH3 is 1. The first-order valence-corrected chi connectivity index (χ1v) is 9.14. The molecule has 0 aliphatic rings. The van der Waals surface area contributed by atoms with E-state index in [0.29, 0.717) is 0 Å². The largest absolute Gasteiger partial charge is 0.493 e. The van der Waals surface area contributed by atoms with E-state index in [1.165, 1.54) is 48.3 Å². The number of nitrogens with one attached hydrogen (secondary N) is 1. The van der Waals surface area contributed by atoms with E-state index in [4.69, 9.17) is 27.9 Å². The van der Waals surface area contributed by atoms with E-state index in [0.717, 1.165) is 0 Å². The highest BCUT2D eigenvalue weighted by Gasteiger charge is 2.17. The van der Waals surface area contributed by atoms with Crippen LogP contribution in [0.2, 0.25) is 10.0 Å². The van der Waals surface area contributed by atoms with Crippen LogP contribution in [0, 0.1) is 5.82 Å². The van der Waals surface area contributed by atoms with E-state index < -0.39 is 18.3 Å². The topological polar surface area (TPSA) is 65.4 Å². The number of ether oxygens (including phenoxy) is 2. The minimum absolute atomic E-state index is 0.00537. The molecule has 0 unspecified atom stereocenters. The molecule has 1 heterocycles. The van der Waals surface area contributed by atoms with E-state index in [1.54, 1.807) is 6.07 Å². The number of carbonyl (C=O) groups excluding carboxylic acids is 1. The van der Waals surface area contributed by atoms with Gasteiger partial charge in [-0.3, -0.25) is 9.48 Å². The minimum atomic E-state index is -3.04. The van der Waals surface area contributed by atoms with Gasteiger partial charge < -0.3 is 14.8 Å². The highest BCUT2D eigenvalue weighted by atomic mass is 35.5. The van der Waals surface area contributed by atoms with Crippen molar-refractivity contribution in [2.45, 2.75) is 13.2 Å². The van der Waals surface area contributed by atoms with Crippen molar-refractivity contribution in [2.24, 2.45) is 0 Å². The van der Waals surface area contributed by atoms with Crippen molar-refractivity contribution in [3.63, 3.8) is 0 Å². The second kappa shape index (κ2) is 9.27. The molecule has 0 saturated heterocycles. The molecule has 0 aliphatic heterocycles. The number of carbonyl (C=O) groups is 1. The van der Waals surface area contributed by atoms with Crippen LogP contribution in [0.4, 0.5) is 19.0 Å². The predicted molar refractivity (Wildman–Crippen MR) is 105 cm³/mol. The van der Waals surface area contributed by atoms with Crippen LogP contribution in [0.3, 0.4) is 0 Å². The zero-order valence-corrected chi connectivity index (χ0v) is 16.8. The number of alkyl halides is 2. The van der Waals surface area contributed by atoms with Crippen molar-refractivity contribution in [3.05, 3.63) is 69.6 Å². The van der Waals surface area contributed by atoms with Gasteiger partial charge in [-0.15, -0.1) is 0 Å². The van der Waals surface area contributed by atoms with Crippen LogP contribution in [0.15, 0.2) is 42.6 Å². The van der Waals surface area contributed by atoms with Gasteiger partial charge in [0.2, 0.25) is 0 Å². The van der Waals surface area contributed by atoms with Gasteiger partial charge in [0.05, 0.1) is 13.7 Å². The maximum Gasteiger partial charge on any atom is 0.387 e. The Kier molecular flexibility index (Phi) is 6.73. The zero-order chi connectivity index (χ0) is 21.8. The van der Waals surface area contributed by atoms with Crippen molar-refractivity contribution in [2.75, 3.05) is 12.4 Å². The molecule has 0 atom stereocenters. The quantitative estimate of drug-likeness (QED) is 0.524. The summed E-state index contributed by atoms with van der Waals surface area (Å²) in [6.07, 6.45) is 1.40. The lowest BCUT2D eigenvalue weighted by Crippen LogP contribution is -2.14. The second-order valence-electron chi connectivity index (χ2n) is 5.92. The standard InChI is InChI=1S/C19H14Cl2F3N3O3/c1-29-16-7-10(5-6-15(16)30-19(23)24)18(28)25-17-13(21)9-27(26-17)8-11-12(20)3-2-4-14(11)22/h2-7,9,19H,8H2,1H3,(H,25,26,28). The van der Waals surface area contributed by atoms with Gasteiger partial charge in [-0.1, -0.05) is 29.3 Å². The van der Waals surface area contributed by atoms with Gasteiger partial charge >= 0.3 is 6.61 Å². The van der Waals surface area contributed by atoms with Gasteiger partial charge in [0.1, 0.15) is 10.8 Å². The van der Waals surface area contributed by atoms with E-state index in [-0.39, 0.29) is 45.0 Å². The zero-order valence-electron chi connectivity index (χ0n) is 15.3. The average molecular weight is 460 g/mol. The number of nitrogens with zero attached hydrogens (tertiary/aromatic N) is 2. The third kappa shape index (κ3) is 4.98. The molecule has 6 nitrogen and oxygen atoms in total. The van der Waals surface area contributed by atoms with Gasteiger partial charge in [-0.05, 0) is 30.3 Å². The maximum absolute atomic E-state index is 14.0. The summed E-state index contributed by atoms with van der Waals surface area (Å²) in [4.78, 5) is 12.5. The van der Waals surface area contributed by atoms with Crippen LogP contribution in [-0.4, -0.2) is 29.4 Å². The normalized spacial score (nSPS) is 10.9. The summed E-state index contributed by atoms with van der Waals surface area (Å²) in [7, 11) is 1.25. The van der Waals surface area contributed by atoms with Crippen LogP contribution in [-0.2, 0) is 6.54 Å². The Morgan fingerprint density at radius 3 is 2.63 bits per heavy atom. The van der Waals surface area contributed by atoms with Crippen molar-refractivity contribution < 1.29 is 27.4 Å². The molecule has 0 saturated carbocycles. The lowest BCUT2D eigenvalue weighted by atomic mass is 10.2. The average Bonchev–Trinajstić information content (AvgIpc) is 3.03. The van der Waals surface area contributed by atoms with Crippen molar-refractivity contribution in [1.82, 2.24) is 9.78 Å². The number of benzene rings is 2. The van der Waals surface area contributed by atoms with Crippen LogP contribution < -0.4 is 14.8 Å². The first-order chi connectivity index (χ1) is 14.3. The van der Waals surface area contributed by atoms with Gasteiger partial charge in [0.15, 0.2) is 17.3 Å². The Bertz CT molecular complexity index is 1060. The molecule has 0 bridgehead atoms. The molecule has 1 amide bonds. The maximum atomic E-state index is 14.0. The number of halogens is 5. The molecule has 0 aliphatic carbocycles. The fourth-order valence-corrected chi connectivity index (χ4v) is 3.01. The van der Waals surface area contributed by atoms with Crippen molar-refractivity contribution in [3.8, 4) is 11.5 Å². The smallest absolute Gasteiger partial charge is 0.387 e. The van der Waals surface area contributed by atoms with E-state index >= 15 is 0 Å². The van der Waals surface area contributed by atoms with Gasteiger partial charge in [0.25, 0.3) is 5.91 Å². The van der Waals surface area contributed by atoms with Crippen LogP contribution >= 0.6 is 23.2 Å². The number of hydrogen-bond donors (Lipinski definition) is 1. The molecule has 3 rings (SSSR count). The third-order valence-corrected chi connectivity index (χ3v) is 4.60. The lowest BCUT2D eigenvalue weighted by molar-refractivity contribution is -0.0512. The molecule has 30 heavy (non-hydrogen) atoms. The number of rotatable bonds is 7. The van der Waals surface area contributed by atoms with Gasteiger partial charge in [0, 0.05) is 22.3 Å². The van der Waals surface area contributed by atoms with E-state index in [2.05, 4.69) is 15.2 Å². The number of amides is 1. The number of hydrogen-bond acceptors (Lipinski definition) is 4. The summed E-state index contributed by atoms with van der Waals surface area (Å²) in [5.74, 6) is -1.35. The predicted octanol–water partition coefficient (Wildman–Crippen LogP) is 5.24. The highest BCUT2D eigenvalue weighted by Crippen LogP contribution is 2.30. The molecule has 11 heteroatoms. The van der Waals surface area contributed by atoms with Crippen molar-refractivity contribution >= 4 is 34.9 Å². The van der Waals surface area contributed by atoms with Crippen LogP contribution in [0.25, 0.3) is 0 Å². The molecular formula is C19H14Cl2F3N3O3. The molecular weight excluding hydrogens is 446 g/mol. The first-order valence-electron chi connectivity index (χ1n) is 8.38. The molecule has 2 aromatic carbocycles. The molecule has 3 aromatic rings. The molecule has 0 fully saturated rings. The Morgan fingerprint density at radius 1 is 1.20 bits per heavy atom. The Balaban J connectivity index is 1.77. The highest BCUT2D eigenvalue weighted by molar-refractivity contribution is 6.33. The van der Waals surface area contributed by atoms with E-state index in [9.17, 15) is 18.0 Å². The molecule has 1 aromatic heterocycles. The molecule has 0 spiro atoms. The fourth-order valence-electron chi connectivity index (χ4n) is 2.59. The summed E-state index contributed by atoms with van der Waals surface area (Å²) in [5.41, 5.74) is 0.312. The van der Waals surface area contributed by atoms with Crippen LogP contribution in [0.1, 0.15) is 15.9 Å². The molecule has 1 N–H and O–H groups in total. The molecule has 0 radical (unpaired) electrons. The summed E-state index contributed by atoms with van der Waals surface area (Å²) in [6, 6.07) is 7.98. The lowest BCUT2D eigenvalue weighted by Gasteiger charge is -2.11. The van der Waals surface area contributed by atoms with Gasteiger partial charge in [-0.2, -0.15) is 13.9 Å². The summed E-state index contributed by atoms with van der Waals surface area (Å²) >= 11 is 12.1. The summed E-state index contributed by atoms with van der Waals surface area (Å²) < 4.78 is 49.4. The number of anilines is 1. The minimum Gasteiger partial charge on any atom is -0.493 e. The van der Waals surface area contributed by atoms with Crippen LogP contribution in [0.5, 0.6) is 11.5 Å². The van der Waals surface area contributed by atoms with E-state index in [1.807, 2.05) is 0 Å². The second-order valence-corrected chi connectivity index (χ2v) is 6.74. The Hall–Kier alpha value is -2.91. The molecule has 158 valence electrons. The SMILES string of the molecule is COc1cc(C(=O)Nc2nn(Cc3c(F)cccc3Cl)cc2Cl)ccc1OC(F)F. The monoisotopic (exact) mass is 459 g/mol.